The van der Waals surface area contributed by atoms with Crippen LogP contribution >= 0.6 is 0 Å². The molecule has 3 rings (SSSR count). The van der Waals surface area contributed by atoms with Gasteiger partial charge in [0.1, 0.15) is 23.6 Å². The van der Waals surface area contributed by atoms with Crippen molar-refractivity contribution in [1.82, 2.24) is 9.97 Å². The van der Waals surface area contributed by atoms with Crippen molar-refractivity contribution in [2.24, 2.45) is 0 Å². The van der Waals surface area contributed by atoms with Crippen molar-refractivity contribution in [3.05, 3.63) is 41.9 Å². The van der Waals surface area contributed by atoms with Crippen molar-refractivity contribution in [1.29, 1.82) is 0 Å². The third kappa shape index (κ3) is 3.52. The van der Waals surface area contributed by atoms with Crippen molar-refractivity contribution in [2.45, 2.75) is 19.3 Å². The first-order valence-corrected chi connectivity index (χ1v) is 8.00. The van der Waals surface area contributed by atoms with E-state index in [1.807, 2.05) is 6.92 Å². The maximum absolute atomic E-state index is 13.4. The lowest BCUT2D eigenvalue weighted by Crippen LogP contribution is -2.42. The number of benzene rings is 1. The van der Waals surface area contributed by atoms with Gasteiger partial charge >= 0.3 is 0 Å². The second kappa shape index (κ2) is 7.00. The Morgan fingerprint density at radius 1 is 1.28 bits per heavy atom. The van der Waals surface area contributed by atoms with Gasteiger partial charge in [-0.25, -0.2) is 18.7 Å². The molecular formula is C17H20F2N5O+. The molecule has 0 amide bonds. The molecule has 1 aromatic carbocycles. The first-order valence-electron chi connectivity index (χ1n) is 8.00. The zero-order valence-electron chi connectivity index (χ0n) is 13.8. The number of rotatable bonds is 5. The summed E-state index contributed by atoms with van der Waals surface area (Å²) in [5.74, 6) is 1.07. The number of hydrogen-bond acceptors (Lipinski definition) is 5. The lowest BCUT2D eigenvalue weighted by atomic mass is 10.0. The fraction of sp³-hybridized carbons (Fsp3) is 0.353. The van der Waals surface area contributed by atoms with Gasteiger partial charge in [0.15, 0.2) is 12.3 Å². The third-order valence-corrected chi connectivity index (χ3v) is 4.06. The Hall–Kier alpha value is -2.77. The average Bonchev–Trinajstić information content (AvgIpc) is 2.95. The summed E-state index contributed by atoms with van der Waals surface area (Å²) in [6.07, 6.45) is -1.71. The topological polar surface area (TPSA) is 89.9 Å². The lowest BCUT2D eigenvalue weighted by Gasteiger charge is -2.16. The first-order chi connectivity index (χ1) is 12.0. The molecule has 0 radical (unpaired) electrons. The van der Waals surface area contributed by atoms with Gasteiger partial charge in [-0.05, 0) is 25.1 Å². The van der Waals surface area contributed by atoms with Crippen LogP contribution in [-0.2, 0) is 0 Å². The summed E-state index contributed by atoms with van der Waals surface area (Å²) in [6.45, 7) is 2.32. The smallest absolute Gasteiger partial charge is 0.232 e. The van der Waals surface area contributed by atoms with E-state index >= 15 is 0 Å². The number of nitrogens with zero attached hydrogens (tertiary/aromatic N) is 3. The summed E-state index contributed by atoms with van der Waals surface area (Å²) in [6, 6.07) is 6.80. The van der Waals surface area contributed by atoms with Crippen LogP contribution in [0.3, 0.4) is 0 Å². The number of ether oxygens (including phenoxy) is 1. The summed E-state index contributed by atoms with van der Waals surface area (Å²) >= 11 is 0. The molecule has 1 aliphatic rings. The second-order valence-corrected chi connectivity index (χ2v) is 5.79. The molecule has 1 aromatic heterocycles. The zero-order chi connectivity index (χ0) is 18.0. The minimum atomic E-state index is -1.52. The predicted molar refractivity (Wildman–Crippen MR) is 91.2 cm³/mol. The Labute approximate surface area is 144 Å². The van der Waals surface area contributed by atoms with Crippen LogP contribution in [0, 0.1) is 0 Å². The second-order valence-electron chi connectivity index (χ2n) is 5.79. The predicted octanol–water partition coefficient (Wildman–Crippen LogP) is 0.550. The Morgan fingerprint density at radius 2 is 2.00 bits per heavy atom. The monoisotopic (exact) mass is 348 g/mol. The number of alkyl halides is 2. The van der Waals surface area contributed by atoms with Crippen LogP contribution in [0.5, 0.6) is 5.75 Å². The van der Waals surface area contributed by atoms with Gasteiger partial charge in [0.2, 0.25) is 5.71 Å². The Balaban J connectivity index is 1.88. The number of nitrogen functional groups attached to an aromatic ring is 1. The molecule has 0 bridgehead atoms. The highest BCUT2D eigenvalue weighted by molar-refractivity contribution is 6.11. The summed E-state index contributed by atoms with van der Waals surface area (Å²) in [4.78, 5) is 9.79. The molecule has 25 heavy (non-hydrogen) atoms. The average molecular weight is 348 g/mol. The standard InChI is InChI=1S/C17H19F2N5O/c1-2-25-10-3-4-14(20)11(5-10)17(21)15-6-16(23-9-22-15)24-7-12(18)13(19)8-24/h3-6,9,12-13,21H,2,7-8,20H2,1H3/p+1/t12-,13-/m0/s1. The van der Waals surface area contributed by atoms with Crippen molar-refractivity contribution >= 4 is 17.2 Å². The molecule has 132 valence electrons. The number of halogens is 2. The highest BCUT2D eigenvalue weighted by Crippen LogP contribution is 2.25. The van der Waals surface area contributed by atoms with Crippen molar-refractivity contribution in [2.75, 3.05) is 30.3 Å². The number of nitrogens with two attached hydrogens (primary N) is 2. The van der Waals surface area contributed by atoms with Crippen molar-refractivity contribution in [3.63, 3.8) is 0 Å². The van der Waals surface area contributed by atoms with Crippen molar-refractivity contribution < 1.29 is 18.9 Å². The SMILES string of the molecule is CCOc1ccc(N)c(C(=[NH2+])c2cc(N3C[C@H](F)[C@@H](F)C3)ncn2)c1. The van der Waals surface area contributed by atoms with E-state index < -0.39 is 12.3 Å². The van der Waals surface area contributed by atoms with Crippen LogP contribution in [0.2, 0.25) is 0 Å². The van der Waals surface area contributed by atoms with Gasteiger partial charge in [0, 0.05) is 11.8 Å². The molecule has 2 heterocycles. The van der Waals surface area contributed by atoms with Gasteiger partial charge < -0.3 is 15.4 Å². The molecule has 6 nitrogen and oxygen atoms in total. The molecule has 0 unspecified atom stereocenters. The van der Waals surface area contributed by atoms with E-state index in [0.29, 0.717) is 40.8 Å². The van der Waals surface area contributed by atoms with E-state index in [2.05, 4.69) is 9.97 Å². The molecule has 0 saturated carbocycles. The maximum atomic E-state index is 13.4. The molecule has 8 heteroatoms. The highest BCUT2D eigenvalue weighted by Gasteiger charge is 2.34. The van der Waals surface area contributed by atoms with E-state index in [4.69, 9.17) is 15.9 Å². The Bertz CT molecular complexity index is 775. The van der Waals surface area contributed by atoms with Crippen LogP contribution in [0.25, 0.3) is 0 Å². The van der Waals surface area contributed by atoms with Gasteiger partial charge in [-0.2, -0.15) is 0 Å². The fourth-order valence-corrected chi connectivity index (χ4v) is 2.74. The van der Waals surface area contributed by atoms with Gasteiger partial charge in [-0.3, -0.25) is 5.41 Å². The normalized spacial score (nSPS) is 19.9. The van der Waals surface area contributed by atoms with Crippen LogP contribution in [-0.4, -0.2) is 47.7 Å². The molecule has 1 aliphatic heterocycles. The number of aromatic nitrogens is 2. The molecule has 0 aliphatic carbocycles. The summed E-state index contributed by atoms with van der Waals surface area (Å²) in [5, 5.41) is 6.23. The third-order valence-electron chi connectivity index (χ3n) is 4.06. The largest absolute Gasteiger partial charge is 0.494 e. The van der Waals surface area contributed by atoms with E-state index in [1.54, 1.807) is 24.3 Å². The first kappa shape index (κ1) is 17.1. The Kier molecular flexibility index (Phi) is 4.78. The quantitative estimate of drug-likeness (QED) is 0.608. The summed E-state index contributed by atoms with van der Waals surface area (Å²) < 4.78 is 32.3. The van der Waals surface area contributed by atoms with Gasteiger partial charge in [-0.15, -0.1) is 0 Å². The molecule has 4 N–H and O–H groups in total. The van der Waals surface area contributed by atoms with Crippen molar-refractivity contribution in [3.8, 4) is 5.75 Å². The molecule has 0 spiro atoms. The van der Waals surface area contributed by atoms with Gasteiger partial charge in [0.25, 0.3) is 0 Å². The molecule has 1 fully saturated rings. The number of anilines is 2. The van der Waals surface area contributed by atoms with Gasteiger partial charge in [-0.1, -0.05) is 0 Å². The van der Waals surface area contributed by atoms with Crippen LogP contribution in [0.15, 0.2) is 30.6 Å². The fourth-order valence-electron chi connectivity index (χ4n) is 2.74. The van der Waals surface area contributed by atoms with E-state index in [0.717, 1.165) is 0 Å². The van der Waals surface area contributed by atoms with E-state index in [-0.39, 0.29) is 13.1 Å². The minimum absolute atomic E-state index is 0.0422. The molecular weight excluding hydrogens is 328 g/mol. The maximum Gasteiger partial charge on any atom is 0.232 e. The van der Waals surface area contributed by atoms with Crippen LogP contribution in [0.4, 0.5) is 20.3 Å². The molecule has 2 atom stereocenters. The molecule has 1 saturated heterocycles. The highest BCUT2D eigenvalue weighted by atomic mass is 19.2. The van der Waals surface area contributed by atoms with Crippen LogP contribution < -0.4 is 20.8 Å². The Morgan fingerprint density at radius 3 is 2.68 bits per heavy atom. The van der Waals surface area contributed by atoms with E-state index in [9.17, 15) is 8.78 Å². The molecule has 2 aromatic rings. The minimum Gasteiger partial charge on any atom is -0.494 e. The van der Waals surface area contributed by atoms with Gasteiger partial charge in [0.05, 0.1) is 25.3 Å². The lowest BCUT2D eigenvalue weighted by molar-refractivity contribution is -0.111. The summed E-state index contributed by atoms with van der Waals surface area (Å²) in [7, 11) is 0. The van der Waals surface area contributed by atoms with Crippen LogP contribution in [0.1, 0.15) is 18.2 Å². The summed E-state index contributed by atoms with van der Waals surface area (Å²) in [5.41, 5.74) is 7.86. The number of hydrogen-bond donors (Lipinski definition) is 2. The van der Waals surface area contributed by atoms with E-state index in [1.165, 1.54) is 11.2 Å². The zero-order valence-corrected chi connectivity index (χ0v) is 13.8.